The monoisotopic (exact) mass is 388 g/mol. The van der Waals surface area contributed by atoms with Crippen LogP contribution in [0.3, 0.4) is 0 Å². The Morgan fingerprint density at radius 1 is 1.07 bits per heavy atom. The molecule has 7 heteroatoms. The summed E-state index contributed by atoms with van der Waals surface area (Å²) in [6.07, 6.45) is 11.7. The second-order valence-corrected chi connectivity index (χ2v) is 7.92. The van der Waals surface area contributed by atoms with E-state index in [1.807, 2.05) is 48.1 Å². The summed E-state index contributed by atoms with van der Waals surface area (Å²) < 4.78 is 3.73. The fourth-order valence-corrected chi connectivity index (χ4v) is 3.86. The molecule has 29 heavy (non-hydrogen) atoms. The van der Waals surface area contributed by atoms with Crippen LogP contribution in [-0.2, 0) is 7.05 Å². The van der Waals surface area contributed by atoms with E-state index in [2.05, 4.69) is 20.2 Å². The Balaban J connectivity index is 0.000000153. The van der Waals surface area contributed by atoms with Crippen LogP contribution in [-0.4, -0.2) is 29.3 Å². The maximum absolute atomic E-state index is 12.5. The number of pyridine rings is 1. The van der Waals surface area contributed by atoms with Crippen molar-refractivity contribution in [3.8, 4) is 5.69 Å². The number of H-pyrrole nitrogens is 1. The van der Waals surface area contributed by atoms with Crippen molar-refractivity contribution >= 4 is 11.0 Å². The van der Waals surface area contributed by atoms with E-state index in [1.54, 1.807) is 17.2 Å². The van der Waals surface area contributed by atoms with Crippen molar-refractivity contribution in [2.24, 2.45) is 7.05 Å². The molecular weight excluding hydrogens is 364 g/mol. The van der Waals surface area contributed by atoms with Gasteiger partial charge in [-0.3, -0.25) is 9.36 Å². The molecule has 0 spiro atoms. The minimum absolute atomic E-state index is 0.0388. The first-order chi connectivity index (χ1) is 14.2. The molecule has 0 unspecified atom stereocenters. The molecule has 0 bridgehead atoms. The van der Waals surface area contributed by atoms with Crippen LogP contribution < -0.4 is 5.56 Å². The highest BCUT2D eigenvalue weighted by Gasteiger charge is 2.28. The number of hydrogen-bond acceptors (Lipinski definition) is 4. The van der Waals surface area contributed by atoms with E-state index in [-0.39, 0.29) is 5.56 Å². The summed E-state index contributed by atoms with van der Waals surface area (Å²) in [5.41, 5.74) is 3.47. The standard InChI is InChI=1S/C15H13N3O.C7H11N3/c19-15-14-13(16-9-17-14)12(10-6-7-10)8-18(15)11-4-2-1-3-5-11;1-10-5-8-9-7(10)6-3-2-4-6/h1-5,8-10H,6-7H2,(H,16,17);5-6H,2-4H2,1H3. The lowest BCUT2D eigenvalue weighted by molar-refractivity contribution is 0.392. The summed E-state index contributed by atoms with van der Waals surface area (Å²) in [6, 6.07) is 9.72. The molecule has 2 aliphatic rings. The van der Waals surface area contributed by atoms with Crippen LogP contribution in [0.2, 0.25) is 0 Å². The van der Waals surface area contributed by atoms with Crippen molar-refractivity contribution in [3.63, 3.8) is 0 Å². The maximum atomic E-state index is 12.5. The summed E-state index contributed by atoms with van der Waals surface area (Å²) in [4.78, 5) is 19.8. The third-order valence-corrected chi connectivity index (χ3v) is 5.88. The Kier molecular flexibility index (Phi) is 4.50. The van der Waals surface area contributed by atoms with Gasteiger partial charge >= 0.3 is 0 Å². The number of benzene rings is 1. The van der Waals surface area contributed by atoms with E-state index in [1.165, 1.54) is 37.7 Å². The van der Waals surface area contributed by atoms with Crippen LogP contribution in [0.1, 0.15) is 55.3 Å². The molecule has 0 radical (unpaired) electrons. The minimum atomic E-state index is -0.0388. The number of imidazole rings is 1. The number of nitrogens with one attached hydrogen (secondary N) is 1. The molecule has 0 aliphatic heterocycles. The van der Waals surface area contributed by atoms with Gasteiger partial charge in [0, 0.05) is 24.8 Å². The van der Waals surface area contributed by atoms with Gasteiger partial charge in [-0.25, -0.2) is 4.98 Å². The Morgan fingerprint density at radius 3 is 2.48 bits per heavy atom. The number of para-hydroxylation sites is 1. The first-order valence-corrected chi connectivity index (χ1v) is 10.2. The molecule has 3 aromatic heterocycles. The van der Waals surface area contributed by atoms with Gasteiger partial charge in [-0.1, -0.05) is 24.6 Å². The second kappa shape index (κ2) is 7.31. The SMILES string of the molecule is Cn1cnnc1C1CCC1.O=c1c2[nH]cnc2c(C2CC2)cn1-c1ccccc1. The van der Waals surface area contributed by atoms with Crippen molar-refractivity contribution < 1.29 is 0 Å². The molecule has 148 valence electrons. The molecule has 0 amide bonds. The predicted octanol–water partition coefficient (Wildman–Crippen LogP) is 3.67. The van der Waals surface area contributed by atoms with E-state index in [0.717, 1.165) is 17.0 Å². The zero-order valence-electron chi connectivity index (χ0n) is 16.5. The largest absolute Gasteiger partial charge is 0.340 e. The van der Waals surface area contributed by atoms with Gasteiger partial charge in [0.05, 0.1) is 11.8 Å². The molecule has 6 rings (SSSR count). The smallest absolute Gasteiger partial charge is 0.281 e. The van der Waals surface area contributed by atoms with Crippen molar-refractivity contribution in [1.29, 1.82) is 0 Å². The highest BCUT2D eigenvalue weighted by atomic mass is 16.1. The Labute approximate surface area is 168 Å². The lowest BCUT2D eigenvalue weighted by Gasteiger charge is -2.23. The predicted molar refractivity (Wildman–Crippen MR) is 111 cm³/mol. The molecule has 0 atom stereocenters. The minimum Gasteiger partial charge on any atom is -0.340 e. The number of aromatic nitrogens is 6. The quantitative estimate of drug-likeness (QED) is 0.580. The van der Waals surface area contributed by atoms with E-state index in [9.17, 15) is 4.79 Å². The first kappa shape index (κ1) is 17.8. The number of rotatable bonds is 3. The highest BCUT2D eigenvalue weighted by Crippen LogP contribution is 2.42. The third-order valence-electron chi connectivity index (χ3n) is 5.88. The van der Waals surface area contributed by atoms with Gasteiger partial charge in [0.15, 0.2) is 0 Å². The van der Waals surface area contributed by atoms with Gasteiger partial charge in [-0.2, -0.15) is 0 Å². The van der Waals surface area contributed by atoms with E-state index in [0.29, 0.717) is 17.4 Å². The lowest BCUT2D eigenvalue weighted by atomic mass is 9.85. The van der Waals surface area contributed by atoms with Crippen LogP contribution >= 0.6 is 0 Å². The molecular formula is C22H24N6O. The lowest BCUT2D eigenvalue weighted by Crippen LogP contribution is -2.19. The van der Waals surface area contributed by atoms with Gasteiger partial charge in [0.25, 0.3) is 5.56 Å². The first-order valence-electron chi connectivity index (χ1n) is 10.2. The average Bonchev–Trinajstić information content (AvgIpc) is 3.27. The Morgan fingerprint density at radius 2 is 1.86 bits per heavy atom. The van der Waals surface area contributed by atoms with Crippen LogP contribution in [0.4, 0.5) is 0 Å². The molecule has 4 aromatic rings. The molecule has 2 aliphatic carbocycles. The van der Waals surface area contributed by atoms with E-state index < -0.39 is 0 Å². The Bertz CT molecular complexity index is 1180. The van der Waals surface area contributed by atoms with Crippen LogP contribution in [0, 0.1) is 0 Å². The molecule has 2 saturated carbocycles. The van der Waals surface area contributed by atoms with Crippen molar-refractivity contribution in [3.05, 3.63) is 70.9 Å². The number of aromatic amines is 1. The summed E-state index contributed by atoms with van der Waals surface area (Å²) in [6.45, 7) is 0. The van der Waals surface area contributed by atoms with Gasteiger partial charge in [0.2, 0.25) is 0 Å². The summed E-state index contributed by atoms with van der Waals surface area (Å²) >= 11 is 0. The number of fused-ring (bicyclic) bond motifs is 1. The van der Waals surface area contributed by atoms with E-state index in [4.69, 9.17) is 0 Å². The maximum Gasteiger partial charge on any atom is 0.281 e. The summed E-state index contributed by atoms with van der Waals surface area (Å²) in [5.74, 6) is 2.42. The molecule has 1 N–H and O–H groups in total. The van der Waals surface area contributed by atoms with Crippen molar-refractivity contribution in [2.75, 3.05) is 0 Å². The molecule has 2 fully saturated rings. The van der Waals surface area contributed by atoms with Crippen molar-refractivity contribution in [2.45, 2.75) is 43.9 Å². The highest BCUT2D eigenvalue weighted by molar-refractivity contribution is 5.78. The molecule has 0 saturated heterocycles. The van der Waals surface area contributed by atoms with Gasteiger partial charge < -0.3 is 9.55 Å². The zero-order chi connectivity index (χ0) is 19.8. The summed E-state index contributed by atoms with van der Waals surface area (Å²) in [5, 5.41) is 7.89. The van der Waals surface area contributed by atoms with Crippen LogP contribution in [0.15, 0.2) is 54.0 Å². The second-order valence-electron chi connectivity index (χ2n) is 7.92. The fourth-order valence-electron chi connectivity index (χ4n) is 3.86. The number of aryl methyl sites for hydroxylation is 1. The van der Waals surface area contributed by atoms with Gasteiger partial charge in [-0.15, -0.1) is 10.2 Å². The summed E-state index contributed by atoms with van der Waals surface area (Å²) in [7, 11) is 2.01. The van der Waals surface area contributed by atoms with E-state index >= 15 is 0 Å². The number of hydrogen-bond donors (Lipinski definition) is 1. The topological polar surface area (TPSA) is 81.4 Å². The van der Waals surface area contributed by atoms with Gasteiger partial charge in [-0.05, 0) is 49.3 Å². The molecule has 1 aromatic carbocycles. The fraction of sp³-hybridized carbons (Fsp3) is 0.364. The van der Waals surface area contributed by atoms with Crippen molar-refractivity contribution in [1.82, 2.24) is 29.3 Å². The third kappa shape index (κ3) is 3.37. The van der Waals surface area contributed by atoms with Crippen LogP contribution in [0.5, 0.6) is 0 Å². The molecule has 3 heterocycles. The Hall–Kier alpha value is -3.22. The normalized spacial score (nSPS) is 16.3. The number of nitrogens with zero attached hydrogens (tertiary/aromatic N) is 5. The van der Waals surface area contributed by atoms with Crippen LogP contribution in [0.25, 0.3) is 16.7 Å². The zero-order valence-corrected chi connectivity index (χ0v) is 16.5. The van der Waals surface area contributed by atoms with Gasteiger partial charge in [0.1, 0.15) is 17.7 Å². The molecule has 7 nitrogen and oxygen atoms in total. The average molecular weight is 388 g/mol.